The maximum atomic E-state index is 5.48. The molecule has 3 nitrogen and oxygen atoms in total. The average molecular weight is 156 g/mol. The Hall–Kier alpha value is -0.610. The maximum absolute atomic E-state index is 5.48. The number of aromatic nitrogens is 1. The molecule has 0 radical (unpaired) electrons. The zero-order chi connectivity index (χ0) is 6.81. The number of nitrogens with zero attached hydrogens (tertiary/aromatic N) is 1. The van der Waals surface area contributed by atoms with Gasteiger partial charge in [0.05, 0.1) is 11.7 Å². The third kappa shape index (κ3) is 1.12. The largest absolute Gasteiger partial charge is 0.477 e. The summed E-state index contributed by atoms with van der Waals surface area (Å²) in [6, 6.07) is 0. The second-order valence-corrected chi connectivity index (χ2v) is 3.07. The molecule has 1 aliphatic heterocycles. The van der Waals surface area contributed by atoms with E-state index in [1.54, 1.807) is 11.7 Å². The van der Waals surface area contributed by atoms with Crippen LogP contribution in [0.25, 0.3) is 0 Å². The summed E-state index contributed by atoms with van der Waals surface area (Å²) in [4.78, 5) is 3.91. The lowest BCUT2D eigenvalue weighted by atomic mass is 10.2. The Balaban J connectivity index is 1.90. The first-order valence-corrected chi connectivity index (χ1v) is 4.09. The van der Waals surface area contributed by atoms with Crippen molar-refractivity contribution in [1.82, 2.24) is 10.3 Å². The Kier molecular flexibility index (Phi) is 1.56. The van der Waals surface area contributed by atoms with Crippen molar-refractivity contribution in [2.24, 2.45) is 0 Å². The van der Waals surface area contributed by atoms with Crippen LogP contribution in [-0.4, -0.2) is 24.2 Å². The number of ether oxygens (including phenoxy) is 1. The molecule has 0 unspecified atom stereocenters. The van der Waals surface area contributed by atoms with E-state index in [9.17, 15) is 0 Å². The van der Waals surface area contributed by atoms with E-state index in [2.05, 4.69) is 10.3 Å². The standard InChI is InChI=1S/C6H8N2OS/c1-5(2-7-1)9-6-3-8-4-10-6/h3-5,7H,1-2H2. The molecule has 1 saturated heterocycles. The minimum Gasteiger partial charge on any atom is -0.477 e. The summed E-state index contributed by atoms with van der Waals surface area (Å²) < 4.78 is 5.48. The fourth-order valence-corrected chi connectivity index (χ4v) is 1.31. The van der Waals surface area contributed by atoms with Crippen molar-refractivity contribution in [2.75, 3.05) is 13.1 Å². The average Bonchev–Trinajstić information content (AvgIpc) is 2.29. The highest BCUT2D eigenvalue weighted by Gasteiger charge is 2.18. The van der Waals surface area contributed by atoms with Crippen LogP contribution in [0.5, 0.6) is 5.06 Å². The second kappa shape index (κ2) is 2.56. The summed E-state index contributed by atoms with van der Waals surface area (Å²) in [7, 11) is 0. The second-order valence-electron chi connectivity index (χ2n) is 2.22. The van der Waals surface area contributed by atoms with E-state index in [1.807, 2.05) is 0 Å². The number of thiazole rings is 1. The van der Waals surface area contributed by atoms with Gasteiger partial charge >= 0.3 is 0 Å². The monoisotopic (exact) mass is 156 g/mol. The van der Waals surface area contributed by atoms with Crippen molar-refractivity contribution in [3.63, 3.8) is 0 Å². The van der Waals surface area contributed by atoms with E-state index < -0.39 is 0 Å². The molecule has 0 atom stereocenters. The van der Waals surface area contributed by atoms with E-state index in [0.29, 0.717) is 6.10 Å². The van der Waals surface area contributed by atoms with E-state index in [1.165, 1.54) is 11.3 Å². The molecule has 2 rings (SSSR count). The Morgan fingerprint density at radius 2 is 2.60 bits per heavy atom. The highest BCUT2D eigenvalue weighted by Crippen LogP contribution is 2.18. The predicted octanol–water partition coefficient (Wildman–Crippen LogP) is 0.494. The van der Waals surface area contributed by atoms with Gasteiger partial charge in [0, 0.05) is 13.1 Å². The first-order chi connectivity index (χ1) is 4.95. The summed E-state index contributed by atoms with van der Waals surface area (Å²) in [6.07, 6.45) is 2.13. The lowest BCUT2D eigenvalue weighted by molar-refractivity contribution is 0.147. The maximum Gasteiger partial charge on any atom is 0.194 e. The van der Waals surface area contributed by atoms with E-state index >= 15 is 0 Å². The Labute approximate surface area is 63.0 Å². The zero-order valence-electron chi connectivity index (χ0n) is 5.41. The molecule has 1 fully saturated rings. The molecule has 54 valence electrons. The summed E-state index contributed by atoms with van der Waals surface area (Å²) >= 11 is 1.54. The third-order valence-electron chi connectivity index (χ3n) is 1.44. The van der Waals surface area contributed by atoms with Crippen LogP contribution >= 0.6 is 11.3 Å². The van der Waals surface area contributed by atoms with Gasteiger partial charge in [0.2, 0.25) is 0 Å². The molecule has 0 aliphatic carbocycles. The molecule has 0 amide bonds. The lowest BCUT2D eigenvalue weighted by Gasteiger charge is -2.26. The lowest BCUT2D eigenvalue weighted by Crippen LogP contribution is -2.50. The smallest absolute Gasteiger partial charge is 0.194 e. The number of hydrogen-bond donors (Lipinski definition) is 1. The summed E-state index contributed by atoms with van der Waals surface area (Å²) in [5, 5.41) is 4.06. The minimum absolute atomic E-state index is 0.375. The molecule has 10 heavy (non-hydrogen) atoms. The van der Waals surface area contributed by atoms with Crippen LogP contribution in [0.15, 0.2) is 11.7 Å². The summed E-state index contributed by atoms with van der Waals surface area (Å²) in [5.41, 5.74) is 1.78. The minimum atomic E-state index is 0.375. The number of nitrogens with one attached hydrogen (secondary N) is 1. The van der Waals surface area contributed by atoms with Crippen LogP contribution in [-0.2, 0) is 0 Å². The normalized spacial score (nSPS) is 18.4. The molecule has 0 spiro atoms. The molecule has 1 aromatic heterocycles. The van der Waals surface area contributed by atoms with Gasteiger partial charge in [0.25, 0.3) is 0 Å². The molecule has 0 saturated carbocycles. The molecule has 2 heterocycles. The van der Waals surface area contributed by atoms with E-state index in [4.69, 9.17) is 4.74 Å². The van der Waals surface area contributed by atoms with Gasteiger partial charge in [-0.3, -0.25) is 0 Å². The molecular formula is C6H8N2OS. The summed E-state index contributed by atoms with van der Waals surface area (Å²) in [6.45, 7) is 1.94. The van der Waals surface area contributed by atoms with Gasteiger partial charge in [-0.05, 0) is 0 Å². The Morgan fingerprint density at radius 3 is 3.10 bits per heavy atom. The molecule has 4 heteroatoms. The van der Waals surface area contributed by atoms with Crippen LogP contribution in [0.3, 0.4) is 0 Å². The number of rotatable bonds is 2. The number of hydrogen-bond acceptors (Lipinski definition) is 4. The molecule has 0 aromatic carbocycles. The topological polar surface area (TPSA) is 34.1 Å². The van der Waals surface area contributed by atoms with Gasteiger partial charge in [-0.15, -0.1) is 0 Å². The summed E-state index contributed by atoms with van der Waals surface area (Å²) in [5.74, 6) is 0. The first kappa shape index (κ1) is 6.12. The van der Waals surface area contributed by atoms with Gasteiger partial charge in [0.15, 0.2) is 5.06 Å². The molecule has 1 N–H and O–H groups in total. The van der Waals surface area contributed by atoms with Crippen molar-refractivity contribution in [3.05, 3.63) is 11.7 Å². The van der Waals surface area contributed by atoms with Crippen molar-refractivity contribution in [1.29, 1.82) is 0 Å². The van der Waals surface area contributed by atoms with Gasteiger partial charge in [-0.25, -0.2) is 4.98 Å². The predicted molar refractivity (Wildman–Crippen MR) is 39.4 cm³/mol. The van der Waals surface area contributed by atoms with Crippen LogP contribution in [0.2, 0.25) is 0 Å². The van der Waals surface area contributed by atoms with Crippen LogP contribution in [0.1, 0.15) is 0 Å². The van der Waals surface area contributed by atoms with Crippen molar-refractivity contribution < 1.29 is 4.74 Å². The van der Waals surface area contributed by atoms with Crippen LogP contribution < -0.4 is 10.1 Å². The van der Waals surface area contributed by atoms with Crippen LogP contribution in [0, 0.1) is 0 Å². The van der Waals surface area contributed by atoms with E-state index in [-0.39, 0.29) is 0 Å². The zero-order valence-corrected chi connectivity index (χ0v) is 6.23. The molecule has 0 bridgehead atoms. The van der Waals surface area contributed by atoms with Crippen molar-refractivity contribution in [2.45, 2.75) is 6.10 Å². The SMILES string of the molecule is c1ncc(OC2CNC2)s1. The van der Waals surface area contributed by atoms with Gasteiger partial charge < -0.3 is 10.1 Å². The molecule has 1 aliphatic rings. The van der Waals surface area contributed by atoms with Gasteiger partial charge in [0.1, 0.15) is 6.10 Å². The fourth-order valence-electron chi connectivity index (χ4n) is 0.772. The highest BCUT2D eigenvalue weighted by molar-refractivity contribution is 7.11. The fraction of sp³-hybridized carbons (Fsp3) is 0.500. The Bertz CT molecular complexity index is 196. The van der Waals surface area contributed by atoms with Gasteiger partial charge in [-0.2, -0.15) is 0 Å². The van der Waals surface area contributed by atoms with Crippen molar-refractivity contribution >= 4 is 11.3 Å². The van der Waals surface area contributed by atoms with Gasteiger partial charge in [-0.1, -0.05) is 11.3 Å². The van der Waals surface area contributed by atoms with Crippen LogP contribution in [0.4, 0.5) is 0 Å². The van der Waals surface area contributed by atoms with Crippen molar-refractivity contribution in [3.8, 4) is 5.06 Å². The highest BCUT2D eigenvalue weighted by atomic mass is 32.1. The third-order valence-corrected chi connectivity index (χ3v) is 2.10. The first-order valence-electron chi connectivity index (χ1n) is 3.21. The molecular weight excluding hydrogens is 148 g/mol. The quantitative estimate of drug-likeness (QED) is 0.676. The Morgan fingerprint density at radius 1 is 1.70 bits per heavy atom. The van der Waals surface area contributed by atoms with E-state index in [0.717, 1.165) is 18.2 Å². The molecule has 1 aromatic rings.